The van der Waals surface area contributed by atoms with Crippen molar-refractivity contribution in [2.24, 2.45) is 0 Å². The Morgan fingerprint density at radius 3 is 2.44 bits per heavy atom. The number of hydrogen-bond donors (Lipinski definition) is 6. The van der Waals surface area contributed by atoms with E-state index in [1.54, 1.807) is 20.8 Å². The maximum atomic E-state index is 13.9. The predicted molar refractivity (Wildman–Crippen MR) is 165 cm³/mol. The Hall–Kier alpha value is -3.47. The molecular weight excluding hydrogens is 630 g/mol. The van der Waals surface area contributed by atoms with Crippen LogP contribution in [0.3, 0.4) is 0 Å². The monoisotopic (exact) mass is 671 g/mol. The van der Waals surface area contributed by atoms with Gasteiger partial charge >= 0.3 is 0 Å². The van der Waals surface area contributed by atoms with Crippen LogP contribution in [-0.4, -0.2) is 105 Å². The van der Waals surface area contributed by atoms with Crippen molar-refractivity contribution in [3.8, 4) is 17.2 Å². The molecule has 2 aliphatic heterocycles. The second kappa shape index (κ2) is 12.8. The number of benzene rings is 2. The molecule has 260 valence electrons. The van der Waals surface area contributed by atoms with Crippen molar-refractivity contribution in [2.45, 2.75) is 114 Å². The van der Waals surface area contributed by atoms with Gasteiger partial charge in [-0.1, -0.05) is 12.1 Å². The topological polar surface area (TPSA) is 211 Å². The molecule has 0 unspecified atom stereocenters. The van der Waals surface area contributed by atoms with Crippen molar-refractivity contribution in [1.82, 2.24) is 5.32 Å². The van der Waals surface area contributed by atoms with Gasteiger partial charge in [0.2, 0.25) is 5.78 Å². The van der Waals surface area contributed by atoms with Gasteiger partial charge in [-0.2, -0.15) is 0 Å². The number of carbonyl (C=O) groups is 3. The molecule has 48 heavy (non-hydrogen) atoms. The zero-order valence-electron chi connectivity index (χ0n) is 27.3. The molecule has 0 bridgehead atoms. The summed E-state index contributed by atoms with van der Waals surface area (Å²) in [6.45, 7) is 6.16. The van der Waals surface area contributed by atoms with Crippen LogP contribution in [0.4, 0.5) is 0 Å². The molecule has 10 atom stereocenters. The number of ether oxygens (including phenoxy) is 5. The van der Waals surface area contributed by atoms with Crippen molar-refractivity contribution in [2.75, 3.05) is 7.11 Å². The van der Waals surface area contributed by atoms with Crippen LogP contribution in [0.2, 0.25) is 0 Å². The summed E-state index contributed by atoms with van der Waals surface area (Å²) in [7, 11) is 1.34. The fourth-order valence-electron chi connectivity index (χ4n) is 7.25. The minimum atomic E-state index is -2.06. The van der Waals surface area contributed by atoms with E-state index in [0.717, 1.165) is 0 Å². The average molecular weight is 672 g/mol. The molecule has 6 N–H and O–H groups in total. The Balaban J connectivity index is 1.39. The number of aromatic hydroxyl groups is 2. The van der Waals surface area contributed by atoms with Crippen LogP contribution in [0.5, 0.6) is 17.2 Å². The van der Waals surface area contributed by atoms with E-state index in [4.69, 9.17) is 23.7 Å². The summed E-state index contributed by atoms with van der Waals surface area (Å²) in [6.07, 6.45) is -7.61. The lowest BCUT2D eigenvalue weighted by atomic mass is 9.72. The zero-order valence-corrected chi connectivity index (χ0v) is 27.3. The number of aliphatic hydroxyl groups excluding tert-OH is 2. The Bertz CT molecular complexity index is 1640. The summed E-state index contributed by atoms with van der Waals surface area (Å²) < 4.78 is 29.9. The summed E-state index contributed by atoms with van der Waals surface area (Å²) in [5, 5.41) is 58.7. The van der Waals surface area contributed by atoms with E-state index >= 15 is 0 Å². The standard InChI is InChI=1S/C34H41NO13/c1-13(36)9-22-46-15(3)33(42)35-19-10-23(45-14(2)32(19)48-22)47-21-12-34(43,16(4)37)11-18-25(21)31(41)27-26(29(18)39)28(38)17-7-6-8-20(44-5)24(17)30(27)40/h6-8,13-15,19,21-23,32-33,35-36,39,41-43H,9-12H2,1-5H3/t13-,14+,15-,19+,21+,22-,23-,32-,33+,34-/m0/s1. The van der Waals surface area contributed by atoms with Crippen LogP contribution in [-0.2, 0) is 30.2 Å². The number of hydrogen-bond acceptors (Lipinski definition) is 14. The molecule has 2 aromatic rings. The molecule has 4 aliphatic rings. The third-order valence-electron chi connectivity index (χ3n) is 9.76. The SMILES string of the molecule is COc1cccc2c1C(=O)c1c(O)c3c(c(O)c1C2=O)C[C@@](O)(C(C)=O)C[C@H]3O[C@H]1C[C@H]2N[C@H](O)[C@H](C)O[C@H](C[C@H](C)O)O[C@H]2[C@@H](C)O1. The number of nitrogens with one attached hydrogen (secondary N) is 1. The summed E-state index contributed by atoms with van der Waals surface area (Å²) in [4.78, 5) is 40.4. The average Bonchev–Trinajstić information content (AvgIpc) is 3.01. The highest BCUT2D eigenvalue weighted by Crippen LogP contribution is 2.52. The van der Waals surface area contributed by atoms with Crippen molar-refractivity contribution < 1.29 is 63.6 Å². The number of phenols is 2. The van der Waals surface area contributed by atoms with Gasteiger partial charge in [-0.3, -0.25) is 19.7 Å². The van der Waals surface area contributed by atoms with E-state index in [2.05, 4.69) is 5.32 Å². The normalized spacial score (nSPS) is 33.8. The first-order valence-corrected chi connectivity index (χ1v) is 16.0. The highest BCUT2D eigenvalue weighted by atomic mass is 16.7. The number of aliphatic hydroxyl groups is 3. The number of ketones is 3. The molecule has 0 spiro atoms. The maximum Gasteiger partial charge on any atom is 0.202 e. The van der Waals surface area contributed by atoms with E-state index < -0.39 is 107 Å². The summed E-state index contributed by atoms with van der Waals surface area (Å²) in [6, 6.07) is 3.88. The highest BCUT2D eigenvalue weighted by molar-refractivity contribution is 6.31. The minimum Gasteiger partial charge on any atom is -0.507 e. The summed E-state index contributed by atoms with van der Waals surface area (Å²) >= 11 is 0. The number of phenolic OH excluding ortho intramolecular Hbond substituents is 2. The van der Waals surface area contributed by atoms with Crippen LogP contribution >= 0.6 is 0 Å². The number of rotatable bonds is 6. The molecule has 2 heterocycles. The zero-order chi connectivity index (χ0) is 34.8. The van der Waals surface area contributed by atoms with Crippen molar-refractivity contribution in [3.05, 3.63) is 51.6 Å². The second-order valence-corrected chi connectivity index (χ2v) is 13.2. The quantitative estimate of drug-likeness (QED) is 0.205. The van der Waals surface area contributed by atoms with Gasteiger partial charge in [0.1, 0.15) is 35.2 Å². The lowest BCUT2D eigenvalue weighted by molar-refractivity contribution is -0.304. The first-order chi connectivity index (χ1) is 22.6. The summed E-state index contributed by atoms with van der Waals surface area (Å²) in [5.74, 6) is -3.29. The van der Waals surface area contributed by atoms with Crippen molar-refractivity contribution in [1.29, 1.82) is 0 Å². The van der Waals surface area contributed by atoms with Gasteiger partial charge < -0.3 is 49.2 Å². The van der Waals surface area contributed by atoms with Crippen LogP contribution < -0.4 is 10.1 Å². The molecular formula is C34H41NO13. The van der Waals surface area contributed by atoms with E-state index in [0.29, 0.717) is 0 Å². The van der Waals surface area contributed by atoms with Crippen LogP contribution in [0.25, 0.3) is 0 Å². The largest absolute Gasteiger partial charge is 0.507 e. The van der Waals surface area contributed by atoms with E-state index in [1.165, 1.54) is 32.2 Å². The van der Waals surface area contributed by atoms with Crippen LogP contribution in [0.1, 0.15) is 96.0 Å². The van der Waals surface area contributed by atoms with E-state index in [-0.39, 0.29) is 47.3 Å². The first kappa shape index (κ1) is 34.4. The number of carbonyl (C=O) groups excluding carboxylic acids is 3. The molecule has 2 aromatic carbocycles. The van der Waals surface area contributed by atoms with Gasteiger partial charge in [-0.25, -0.2) is 0 Å². The molecule has 6 rings (SSSR count). The smallest absolute Gasteiger partial charge is 0.202 e. The van der Waals surface area contributed by atoms with Crippen LogP contribution in [0, 0.1) is 0 Å². The van der Waals surface area contributed by atoms with E-state index in [1.807, 2.05) is 0 Å². The predicted octanol–water partition coefficient (Wildman–Crippen LogP) is 1.52. The van der Waals surface area contributed by atoms with Gasteiger partial charge in [0, 0.05) is 48.4 Å². The lowest BCUT2D eigenvalue weighted by Gasteiger charge is -2.46. The molecule has 14 heteroatoms. The van der Waals surface area contributed by atoms with Gasteiger partial charge in [-0.05, 0) is 33.8 Å². The Morgan fingerprint density at radius 1 is 1.06 bits per heavy atom. The number of Topliss-reactive ketones (excluding diaryl/α,β-unsaturated/α-hetero) is 1. The Morgan fingerprint density at radius 2 is 1.77 bits per heavy atom. The fourth-order valence-corrected chi connectivity index (χ4v) is 7.25. The number of methoxy groups -OCH3 is 1. The van der Waals surface area contributed by atoms with E-state index in [9.17, 15) is 39.9 Å². The van der Waals surface area contributed by atoms with Gasteiger partial charge in [0.05, 0.1) is 48.2 Å². The highest BCUT2D eigenvalue weighted by Gasteiger charge is 2.50. The Labute approximate surface area is 276 Å². The summed E-state index contributed by atoms with van der Waals surface area (Å²) in [5.41, 5.74) is -3.21. The molecule has 2 saturated heterocycles. The third kappa shape index (κ3) is 5.79. The van der Waals surface area contributed by atoms with Gasteiger partial charge in [0.15, 0.2) is 24.1 Å². The van der Waals surface area contributed by atoms with Gasteiger partial charge in [-0.15, -0.1) is 0 Å². The minimum absolute atomic E-state index is 0.0300. The molecule has 2 fully saturated rings. The second-order valence-electron chi connectivity index (χ2n) is 13.2. The first-order valence-electron chi connectivity index (χ1n) is 16.0. The Kier molecular flexibility index (Phi) is 9.15. The van der Waals surface area contributed by atoms with Crippen LogP contribution in [0.15, 0.2) is 18.2 Å². The molecule has 0 aromatic heterocycles. The molecule has 0 radical (unpaired) electrons. The third-order valence-corrected chi connectivity index (χ3v) is 9.76. The van der Waals surface area contributed by atoms with Crippen molar-refractivity contribution in [3.63, 3.8) is 0 Å². The van der Waals surface area contributed by atoms with Crippen molar-refractivity contribution >= 4 is 17.3 Å². The fraction of sp³-hybridized carbons (Fsp3) is 0.559. The lowest BCUT2D eigenvalue weighted by Crippen LogP contribution is -2.62. The molecule has 14 nitrogen and oxygen atoms in total. The van der Waals surface area contributed by atoms with Gasteiger partial charge in [0.25, 0.3) is 0 Å². The molecule has 0 saturated carbocycles. The molecule has 2 aliphatic carbocycles. The number of fused-ring (bicyclic) bond motifs is 4. The maximum absolute atomic E-state index is 13.9. The molecule has 0 amide bonds.